The molecule has 0 aromatic carbocycles. The Morgan fingerprint density at radius 3 is 2.94 bits per heavy atom. The van der Waals surface area contributed by atoms with Crippen molar-refractivity contribution in [2.75, 3.05) is 19.8 Å². The molecular formula is C11H20N4O2. The highest BCUT2D eigenvalue weighted by Gasteiger charge is 2.14. The number of hydrogen-bond donors (Lipinski definition) is 2. The molecule has 1 aromatic heterocycles. The molecule has 1 atom stereocenters. The molecule has 0 aliphatic heterocycles. The van der Waals surface area contributed by atoms with E-state index in [4.69, 9.17) is 10.5 Å². The third-order valence-electron chi connectivity index (χ3n) is 2.61. The number of nitrogens with zero attached hydrogens (tertiary/aromatic N) is 2. The first-order valence-electron chi connectivity index (χ1n) is 5.62. The highest BCUT2D eigenvalue weighted by atomic mass is 16.5. The maximum atomic E-state index is 11.5. The van der Waals surface area contributed by atoms with E-state index in [1.54, 1.807) is 10.9 Å². The Hall–Kier alpha value is -1.40. The zero-order chi connectivity index (χ0) is 12.8. The van der Waals surface area contributed by atoms with Crippen LogP contribution in [0.2, 0.25) is 0 Å². The van der Waals surface area contributed by atoms with E-state index in [1.807, 2.05) is 20.9 Å². The molecule has 1 rings (SSSR count). The summed E-state index contributed by atoms with van der Waals surface area (Å²) in [5.41, 5.74) is 7.32. The van der Waals surface area contributed by atoms with Crippen LogP contribution < -0.4 is 11.1 Å². The van der Waals surface area contributed by atoms with E-state index >= 15 is 0 Å². The summed E-state index contributed by atoms with van der Waals surface area (Å²) in [7, 11) is 1.87. The topological polar surface area (TPSA) is 82.2 Å². The van der Waals surface area contributed by atoms with Gasteiger partial charge in [0.1, 0.15) is 6.61 Å². The van der Waals surface area contributed by atoms with Gasteiger partial charge in [-0.25, -0.2) is 0 Å². The minimum absolute atomic E-state index is 0.0425. The molecule has 3 N–H and O–H groups in total. The molecule has 0 saturated heterocycles. The van der Waals surface area contributed by atoms with Crippen LogP contribution in [0.4, 0.5) is 0 Å². The molecule has 0 aliphatic rings. The second-order valence-electron chi connectivity index (χ2n) is 3.94. The standard InChI is InChI=1S/C11H20N4O2/c1-8(10-6-13-15(3)9(10)2)14-11(16)7-17-5-4-12/h6,8H,4-5,7,12H2,1-3H3,(H,14,16). The van der Waals surface area contributed by atoms with Crippen molar-refractivity contribution in [3.8, 4) is 0 Å². The number of hydrogen-bond acceptors (Lipinski definition) is 4. The first-order valence-corrected chi connectivity index (χ1v) is 5.62. The second-order valence-corrected chi connectivity index (χ2v) is 3.94. The van der Waals surface area contributed by atoms with E-state index in [-0.39, 0.29) is 18.6 Å². The highest BCUT2D eigenvalue weighted by molar-refractivity contribution is 5.77. The number of nitrogens with one attached hydrogen (secondary N) is 1. The summed E-state index contributed by atoms with van der Waals surface area (Å²) >= 11 is 0. The molecule has 6 heteroatoms. The smallest absolute Gasteiger partial charge is 0.246 e. The lowest BCUT2D eigenvalue weighted by molar-refractivity contribution is -0.126. The van der Waals surface area contributed by atoms with Crippen LogP contribution >= 0.6 is 0 Å². The number of aryl methyl sites for hydroxylation is 1. The van der Waals surface area contributed by atoms with Gasteiger partial charge in [-0.15, -0.1) is 0 Å². The van der Waals surface area contributed by atoms with Gasteiger partial charge in [-0.2, -0.15) is 5.10 Å². The third-order valence-corrected chi connectivity index (χ3v) is 2.61. The number of ether oxygens (including phenoxy) is 1. The third kappa shape index (κ3) is 3.83. The molecule has 0 spiro atoms. The van der Waals surface area contributed by atoms with E-state index in [1.165, 1.54) is 0 Å². The fourth-order valence-corrected chi connectivity index (χ4v) is 1.55. The van der Waals surface area contributed by atoms with Crippen LogP contribution in [0, 0.1) is 6.92 Å². The van der Waals surface area contributed by atoms with E-state index in [0.717, 1.165) is 11.3 Å². The molecule has 6 nitrogen and oxygen atoms in total. The van der Waals surface area contributed by atoms with Gasteiger partial charge in [0.25, 0.3) is 0 Å². The molecular weight excluding hydrogens is 220 g/mol. The molecule has 17 heavy (non-hydrogen) atoms. The summed E-state index contributed by atoms with van der Waals surface area (Å²) in [6.45, 7) is 4.75. The van der Waals surface area contributed by atoms with Gasteiger partial charge in [-0.1, -0.05) is 0 Å². The molecule has 1 unspecified atom stereocenters. The molecule has 0 aliphatic carbocycles. The van der Waals surface area contributed by atoms with E-state index in [9.17, 15) is 4.79 Å². The Labute approximate surface area is 101 Å². The van der Waals surface area contributed by atoms with Crippen molar-refractivity contribution in [1.82, 2.24) is 15.1 Å². The maximum Gasteiger partial charge on any atom is 0.246 e. The lowest BCUT2D eigenvalue weighted by atomic mass is 10.1. The number of carbonyl (C=O) groups is 1. The van der Waals surface area contributed by atoms with Crippen LogP contribution in [0.5, 0.6) is 0 Å². The average molecular weight is 240 g/mol. The molecule has 1 heterocycles. The van der Waals surface area contributed by atoms with Crippen LogP contribution in [0.15, 0.2) is 6.20 Å². The number of rotatable bonds is 6. The lowest BCUT2D eigenvalue weighted by Crippen LogP contribution is -2.31. The number of carbonyl (C=O) groups excluding carboxylic acids is 1. The Morgan fingerprint density at radius 1 is 1.71 bits per heavy atom. The van der Waals surface area contributed by atoms with Gasteiger partial charge in [0, 0.05) is 24.8 Å². The molecule has 0 saturated carbocycles. The minimum Gasteiger partial charge on any atom is -0.370 e. The summed E-state index contributed by atoms with van der Waals surface area (Å²) in [6, 6.07) is -0.0716. The molecule has 0 bridgehead atoms. The van der Waals surface area contributed by atoms with Crippen LogP contribution in [-0.4, -0.2) is 35.4 Å². The van der Waals surface area contributed by atoms with Gasteiger partial charge in [-0.3, -0.25) is 9.48 Å². The number of aromatic nitrogens is 2. The van der Waals surface area contributed by atoms with Crippen molar-refractivity contribution in [3.05, 3.63) is 17.5 Å². The van der Waals surface area contributed by atoms with Gasteiger partial charge >= 0.3 is 0 Å². The molecule has 1 aromatic rings. The molecule has 0 fully saturated rings. The number of nitrogens with two attached hydrogens (primary N) is 1. The van der Waals surface area contributed by atoms with Gasteiger partial charge in [-0.05, 0) is 13.8 Å². The summed E-state index contributed by atoms with van der Waals surface area (Å²) in [5.74, 6) is -0.144. The van der Waals surface area contributed by atoms with Gasteiger partial charge < -0.3 is 15.8 Å². The zero-order valence-corrected chi connectivity index (χ0v) is 10.6. The predicted octanol–water partition coefficient (Wildman–Crippen LogP) is -0.119. The van der Waals surface area contributed by atoms with Crippen LogP contribution in [0.1, 0.15) is 24.2 Å². The van der Waals surface area contributed by atoms with Gasteiger partial charge in [0.15, 0.2) is 0 Å². The van der Waals surface area contributed by atoms with Crippen LogP contribution in [0.3, 0.4) is 0 Å². The van der Waals surface area contributed by atoms with Crippen LogP contribution in [-0.2, 0) is 16.6 Å². The Morgan fingerprint density at radius 2 is 2.41 bits per heavy atom. The SMILES string of the molecule is Cc1c(C(C)NC(=O)COCCN)cnn1C. The molecule has 0 radical (unpaired) electrons. The fourth-order valence-electron chi connectivity index (χ4n) is 1.55. The monoisotopic (exact) mass is 240 g/mol. The van der Waals surface area contributed by atoms with Gasteiger partial charge in [0.2, 0.25) is 5.91 Å². The normalized spacial score (nSPS) is 12.5. The van der Waals surface area contributed by atoms with E-state index in [0.29, 0.717) is 13.2 Å². The van der Waals surface area contributed by atoms with Crippen molar-refractivity contribution in [2.45, 2.75) is 19.9 Å². The largest absolute Gasteiger partial charge is 0.370 e. The number of amides is 1. The van der Waals surface area contributed by atoms with E-state index in [2.05, 4.69) is 10.4 Å². The Bertz CT molecular complexity index is 376. The first-order chi connectivity index (χ1) is 8.06. The van der Waals surface area contributed by atoms with Gasteiger partial charge in [0.05, 0.1) is 18.8 Å². The minimum atomic E-state index is -0.144. The second kappa shape index (κ2) is 6.36. The molecule has 1 amide bonds. The summed E-state index contributed by atoms with van der Waals surface area (Å²) < 4.78 is 6.84. The predicted molar refractivity (Wildman–Crippen MR) is 64.4 cm³/mol. The van der Waals surface area contributed by atoms with Crippen molar-refractivity contribution in [3.63, 3.8) is 0 Å². The first kappa shape index (κ1) is 13.7. The summed E-state index contributed by atoms with van der Waals surface area (Å²) in [5, 5.41) is 6.99. The quantitative estimate of drug-likeness (QED) is 0.679. The van der Waals surface area contributed by atoms with E-state index < -0.39 is 0 Å². The van der Waals surface area contributed by atoms with Crippen molar-refractivity contribution in [1.29, 1.82) is 0 Å². The average Bonchev–Trinajstić information content (AvgIpc) is 2.60. The summed E-state index contributed by atoms with van der Waals surface area (Å²) in [6.07, 6.45) is 1.76. The Kier molecular flexibility index (Phi) is 5.11. The lowest BCUT2D eigenvalue weighted by Gasteiger charge is -2.13. The molecule has 96 valence electrons. The summed E-state index contributed by atoms with van der Waals surface area (Å²) in [4.78, 5) is 11.5. The zero-order valence-electron chi connectivity index (χ0n) is 10.6. The maximum absolute atomic E-state index is 11.5. The van der Waals surface area contributed by atoms with Crippen LogP contribution in [0.25, 0.3) is 0 Å². The van der Waals surface area contributed by atoms with Crippen molar-refractivity contribution in [2.24, 2.45) is 12.8 Å². The van der Waals surface area contributed by atoms with Crippen molar-refractivity contribution < 1.29 is 9.53 Å². The Balaban J connectivity index is 2.46. The fraction of sp³-hybridized carbons (Fsp3) is 0.636. The highest BCUT2D eigenvalue weighted by Crippen LogP contribution is 2.15. The van der Waals surface area contributed by atoms with Crippen molar-refractivity contribution >= 4 is 5.91 Å².